The van der Waals surface area contributed by atoms with Crippen LogP contribution in [0.15, 0.2) is 0 Å². The van der Waals surface area contributed by atoms with Crippen LogP contribution in [0, 0.1) is 5.92 Å². The van der Waals surface area contributed by atoms with Gasteiger partial charge in [0.15, 0.2) is 0 Å². The first-order valence-electron chi connectivity index (χ1n) is 6.73. The summed E-state index contributed by atoms with van der Waals surface area (Å²) in [4.78, 5) is 0. The van der Waals surface area contributed by atoms with E-state index < -0.39 is 0 Å². The molecule has 0 radical (unpaired) electrons. The van der Waals surface area contributed by atoms with Crippen LogP contribution >= 0.6 is 0 Å². The highest BCUT2D eigenvalue weighted by Crippen LogP contribution is 2.34. The topological polar surface area (TPSA) is 21.3 Å². The Labute approximate surface area is 93.8 Å². The van der Waals surface area contributed by atoms with E-state index >= 15 is 0 Å². The highest BCUT2D eigenvalue weighted by atomic mass is 16.5. The van der Waals surface area contributed by atoms with E-state index in [1.54, 1.807) is 0 Å². The van der Waals surface area contributed by atoms with E-state index in [0.717, 1.165) is 18.6 Å². The van der Waals surface area contributed by atoms with E-state index in [4.69, 9.17) is 4.74 Å². The molecule has 0 aromatic carbocycles. The Morgan fingerprint density at radius 2 is 2.07 bits per heavy atom. The average Bonchev–Trinajstić information content (AvgIpc) is 2.43. The molecule has 0 amide bonds. The molecule has 2 aliphatic rings. The summed E-state index contributed by atoms with van der Waals surface area (Å²) in [5.41, 5.74) is 0. The lowest BCUT2D eigenvalue weighted by atomic mass is 9.77. The number of hydrogen-bond donors (Lipinski definition) is 1. The second-order valence-corrected chi connectivity index (χ2v) is 5.15. The van der Waals surface area contributed by atoms with Crippen molar-refractivity contribution < 1.29 is 4.74 Å². The van der Waals surface area contributed by atoms with Crippen molar-refractivity contribution in [3.8, 4) is 0 Å². The Kier molecular flexibility index (Phi) is 4.45. The Bertz CT molecular complexity index is 169. The minimum atomic E-state index is 0.589. The SMILES string of the molecule is CCOC1CC(CC2CCCCCN2)C1. The van der Waals surface area contributed by atoms with Gasteiger partial charge < -0.3 is 10.1 Å². The van der Waals surface area contributed by atoms with Crippen LogP contribution in [0.4, 0.5) is 0 Å². The average molecular weight is 211 g/mol. The zero-order valence-corrected chi connectivity index (χ0v) is 10.0. The van der Waals surface area contributed by atoms with Crippen LogP contribution in [0.1, 0.15) is 51.9 Å². The Morgan fingerprint density at radius 3 is 2.87 bits per heavy atom. The molecular weight excluding hydrogens is 186 g/mol. The fraction of sp³-hybridized carbons (Fsp3) is 1.00. The molecule has 1 atom stereocenters. The second kappa shape index (κ2) is 5.86. The predicted octanol–water partition coefficient (Wildman–Crippen LogP) is 2.72. The van der Waals surface area contributed by atoms with Gasteiger partial charge in [-0.2, -0.15) is 0 Å². The van der Waals surface area contributed by atoms with Gasteiger partial charge in [0.1, 0.15) is 0 Å². The van der Waals surface area contributed by atoms with Crippen molar-refractivity contribution in [2.75, 3.05) is 13.2 Å². The van der Waals surface area contributed by atoms with E-state index in [0.29, 0.717) is 6.10 Å². The zero-order chi connectivity index (χ0) is 10.5. The first-order valence-corrected chi connectivity index (χ1v) is 6.73. The second-order valence-electron chi connectivity index (χ2n) is 5.15. The lowest BCUT2D eigenvalue weighted by molar-refractivity contribution is -0.0291. The lowest BCUT2D eigenvalue weighted by Crippen LogP contribution is -2.37. The van der Waals surface area contributed by atoms with Gasteiger partial charge in [-0.15, -0.1) is 0 Å². The van der Waals surface area contributed by atoms with Crippen LogP contribution in [0.3, 0.4) is 0 Å². The van der Waals surface area contributed by atoms with Gasteiger partial charge in [-0.25, -0.2) is 0 Å². The summed E-state index contributed by atoms with van der Waals surface area (Å²) >= 11 is 0. The van der Waals surface area contributed by atoms with Crippen molar-refractivity contribution in [2.24, 2.45) is 5.92 Å². The Balaban J connectivity index is 1.61. The summed E-state index contributed by atoms with van der Waals surface area (Å²) in [6.07, 6.45) is 10.2. The summed E-state index contributed by atoms with van der Waals surface area (Å²) in [5, 5.41) is 3.69. The smallest absolute Gasteiger partial charge is 0.0580 e. The highest BCUT2D eigenvalue weighted by Gasteiger charge is 2.31. The highest BCUT2D eigenvalue weighted by molar-refractivity contribution is 4.84. The molecule has 15 heavy (non-hydrogen) atoms. The van der Waals surface area contributed by atoms with Crippen LogP contribution in [0.25, 0.3) is 0 Å². The van der Waals surface area contributed by atoms with Gasteiger partial charge >= 0.3 is 0 Å². The van der Waals surface area contributed by atoms with Gasteiger partial charge in [-0.05, 0) is 51.5 Å². The monoisotopic (exact) mass is 211 g/mol. The van der Waals surface area contributed by atoms with E-state index in [1.807, 2.05) is 0 Å². The molecule has 1 aliphatic heterocycles. The molecule has 1 aliphatic carbocycles. The molecule has 1 heterocycles. The van der Waals surface area contributed by atoms with Crippen molar-refractivity contribution >= 4 is 0 Å². The largest absolute Gasteiger partial charge is 0.378 e. The summed E-state index contributed by atoms with van der Waals surface area (Å²) in [6.45, 7) is 4.23. The molecule has 0 aromatic heterocycles. The molecule has 1 unspecified atom stereocenters. The van der Waals surface area contributed by atoms with Crippen LogP contribution < -0.4 is 5.32 Å². The van der Waals surface area contributed by atoms with E-state index in [-0.39, 0.29) is 0 Å². The summed E-state index contributed by atoms with van der Waals surface area (Å²) in [7, 11) is 0. The molecule has 1 saturated heterocycles. The van der Waals surface area contributed by atoms with Crippen molar-refractivity contribution in [1.82, 2.24) is 5.32 Å². The number of hydrogen-bond acceptors (Lipinski definition) is 2. The van der Waals surface area contributed by atoms with Crippen LogP contribution in [-0.4, -0.2) is 25.3 Å². The summed E-state index contributed by atoms with van der Waals surface area (Å²) in [5.74, 6) is 0.942. The van der Waals surface area contributed by atoms with Gasteiger partial charge in [0.25, 0.3) is 0 Å². The van der Waals surface area contributed by atoms with Crippen molar-refractivity contribution in [3.05, 3.63) is 0 Å². The first kappa shape index (κ1) is 11.4. The normalized spacial score (nSPS) is 37.0. The minimum Gasteiger partial charge on any atom is -0.378 e. The fourth-order valence-electron chi connectivity index (χ4n) is 2.94. The Morgan fingerprint density at radius 1 is 1.20 bits per heavy atom. The molecule has 1 N–H and O–H groups in total. The molecule has 0 aromatic rings. The van der Waals surface area contributed by atoms with Crippen LogP contribution in [0.5, 0.6) is 0 Å². The third-order valence-corrected chi connectivity index (χ3v) is 3.88. The molecule has 2 nitrogen and oxygen atoms in total. The van der Waals surface area contributed by atoms with Crippen molar-refractivity contribution in [2.45, 2.75) is 64.0 Å². The van der Waals surface area contributed by atoms with E-state index in [9.17, 15) is 0 Å². The molecule has 88 valence electrons. The van der Waals surface area contributed by atoms with E-state index in [1.165, 1.54) is 51.5 Å². The summed E-state index contributed by atoms with van der Waals surface area (Å²) in [6, 6.07) is 0.806. The first-order chi connectivity index (χ1) is 7.38. The lowest BCUT2D eigenvalue weighted by Gasteiger charge is -2.37. The number of nitrogens with one attached hydrogen (secondary N) is 1. The van der Waals surface area contributed by atoms with E-state index in [2.05, 4.69) is 12.2 Å². The predicted molar refractivity (Wildman–Crippen MR) is 63.0 cm³/mol. The third kappa shape index (κ3) is 3.46. The maximum Gasteiger partial charge on any atom is 0.0580 e. The van der Waals surface area contributed by atoms with Crippen molar-refractivity contribution in [3.63, 3.8) is 0 Å². The van der Waals surface area contributed by atoms with Gasteiger partial charge in [-0.3, -0.25) is 0 Å². The quantitative estimate of drug-likeness (QED) is 0.772. The standard InChI is InChI=1S/C13H25NO/c1-2-15-13-9-11(10-13)8-12-6-4-3-5-7-14-12/h11-14H,2-10H2,1H3. The molecular formula is C13H25NO. The molecule has 2 rings (SSSR count). The summed E-state index contributed by atoms with van der Waals surface area (Å²) < 4.78 is 5.60. The molecule has 2 fully saturated rings. The molecule has 0 bridgehead atoms. The zero-order valence-electron chi connectivity index (χ0n) is 10.0. The van der Waals surface area contributed by atoms with Crippen LogP contribution in [0.2, 0.25) is 0 Å². The van der Waals surface area contributed by atoms with Crippen LogP contribution in [-0.2, 0) is 4.74 Å². The maximum atomic E-state index is 5.60. The molecule has 0 spiro atoms. The fourth-order valence-corrected chi connectivity index (χ4v) is 2.94. The third-order valence-electron chi connectivity index (χ3n) is 3.88. The Hall–Kier alpha value is -0.0800. The van der Waals surface area contributed by atoms with Gasteiger partial charge in [0, 0.05) is 12.6 Å². The molecule has 1 saturated carbocycles. The number of ether oxygens (including phenoxy) is 1. The van der Waals surface area contributed by atoms with Crippen molar-refractivity contribution in [1.29, 1.82) is 0 Å². The minimum absolute atomic E-state index is 0.589. The van der Waals surface area contributed by atoms with Gasteiger partial charge in [0.05, 0.1) is 6.10 Å². The number of rotatable bonds is 4. The van der Waals surface area contributed by atoms with Gasteiger partial charge in [-0.1, -0.05) is 12.8 Å². The molecule has 2 heteroatoms. The maximum absolute atomic E-state index is 5.60. The van der Waals surface area contributed by atoms with Gasteiger partial charge in [0.2, 0.25) is 0 Å².